The number of benzene rings is 2. The van der Waals surface area contributed by atoms with Gasteiger partial charge in [-0.1, -0.05) is 17.7 Å². The van der Waals surface area contributed by atoms with E-state index < -0.39 is 5.60 Å². The second-order valence-electron chi connectivity index (χ2n) is 8.72. The average Bonchev–Trinajstić information content (AvgIpc) is 3.31. The van der Waals surface area contributed by atoms with Crippen molar-refractivity contribution in [1.29, 1.82) is 0 Å². The summed E-state index contributed by atoms with van der Waals surface area (Å²) in [5, 5.41) is 11.8. The van der Waals surface area contributed by atoms with Gasteiger partial charge in [0.05, 0.1) is 33.3 Å². The van der Waals surface area contributed by atoms with E-state index in [1.807, 2.05) is 29.0 Å². The molecule has 1 aliphatic rings. The Morgan fingerprint density at radius 2 is 2.00 bits per heavy atom. The van der Waals surface area contributed by atoms with Crippen molar-refractivity contribution in [3.05, 3.63) is 71.8 Å². The van der Waals surface area contributed by atoms with Crippen LogP contribution >= 0.6 is 11.6 Å². The summed E-state index contributed by atoms with van der Waals surface area (Å²) in [6.45, 7) is 4.09. The molecule has 1 atom stereocenters. The monoisotopic (exact) mass is 501 g/mol. The van der Waals surface area contributed by atoms with Gasteiger partial charge < -0.3 is 28.6 Å². The lowest BCUT2D eigenvalue weighted by molar-refractivity contribution is -0.0646. The van der Waals surface area contributed by atoms with Gasteiger partial charge in [0.1, 0.15) is 18.0 Å². The van der Waals surface area contributed by atoms with E-state index >= 15 is 0 Å². The molecule has 35 heavy (non-hydrogen) atoms. The molecule has 1 aliphatic heterocycles. The van der Waals surface area contributed by atoms with E-state index in [-0.39, 0.29) is 13.2 Å². The van der Waals surface area contributed by atoms with Crippen LogP contribution in [0.15, 0.2) is 61.2 Å². The number of nitrogens with zero attached hydrogens (tertiary/aromatic N) is 3. The van der Waals surface area contributed by atoms with Crippen LogP contribution in [0.2, 0.25) is 5.02 Å². The highest BCUT2D eigenvalue weighted by Gasteiger charge is 2.33. The van der Waals surface area contributed by atoms with Gasteiger partial charge in [-0.25, -0.2) is 4.98 Å². The summed E-state index contributed by atoms with van der Waals surface area (Å²) in [5.74, 6) is 2.07. The van der Waals surface area contributed by atoms with Crippen molar-refractivity contribution < 1.29 is 24.1 Å². The van der Waals surface area contributed by atoms with Crippen LogP contribution in [0.1, 0.15) is 12.0 Å². The quantitative estimate of drug-likeness (QED) is 0.402. The minimum atomic E-state index is -1.13. The highest BCUT2D eigenvalue weighted by molar-refractivity contribution is 6.30. The van der Waals surface area contributed by atoms with E-state index in [2.05, 4.69) is 9.88 Å². The number of hydrogen-bond donors (Lipinski definition) is 1. The van der Waals surface area contributed by atoms with Crippen LogP contribution in [0.25, 0.3) is 0 Å². The maximum Gasteiger partial charge on any atom is 0.161 e. The second-order valence-corrected chi connectivity index (χ2v) is 9.15. The number of imidazole rings is 1. The molecule has 2 heterocycles. The Bertz CT molecular complexity index is 1050. The Labute approximate surface area is 211 Å². The average molecular weight is 502 g/mol. The predicted octanol–water partition coefficient (Wildman–Crippen LogP) is 3.66. The molecule has 0 bridgehead atoms. The van der Waals surface area contributed by atoms with Crippen LogP contribution in [0.4, 0.5) is 0 Å². The van der Waals surface area contributed by atoms with Gasteiger partial charge in [0.25, 0.3) is 0 Å². The molecule has 0 amide bonds. The molecule has 188 valence electrons. The fourth-order valence-corrected chi connectivity index (χ4v) is 4.13. The largest absolute Gasteiger partial charge is 0.493 e. The fraction of sp³-hybridized carbons (Fsp3) is 0.423. The van der Waals surface area contributed by atoms with E-state index in [0.717, 1.165) is 18.5 Å². The number of β-amino-alcohol motifs (C(OH)–C–C–N with tert-alkyl or cyclic N) is 1. The van der Waals surface area contributed by atoms with Crippen molar-refractivity contribution in [2.75, 3.05) is 46.6 Å². The van der Waals surface area contributed by atoms with Gasteiger partial charge >= 0.3 is 0 Å². The maximum atomic E-state index is 11.2. The Balaban J connectivity index is 1.32. The Morgan fingerprint density at radius 1 is 1.14 bits per heavy atom. The van der Waals surface area contributed by atoms with E-state index in [4.69, 9.17) is 30.5 Å². The van der Waals surface area contributed by atoms with Gasteiger partial charge in [-0.2, -0.15) is 0 Å². The Morgan fingerprint density at radius 3 is 2.77 bits per heavy atom. The number of halogens is 1. The molecule has 3 aromatic rings. The predicted molar refractivity (Wildman–Crippen MR) is 133 cm³/mol. The first-order chi connectivity index (χ1) is 17.0. The molecule has 0 saturated carbocycles. The lowest BCUT2D eigenvalue weighted by Gasteiger charge is -2.30. The Kier molecular flexibility index (Phi) is 8.87. The zero-order chi connectivity index (χ0) is 24.5. The van der Waals surface area contributed by atoms with E-state index in [1.54, 1.807) is 43.9 Å². The van der Waals surface area contributed by atoms with E-state index in [9.17, 15) is 5.11 Å². The molecule has 1 aromatic heterocycles. The molecule has 8 nitrogen and oxygen atoms in total. The summed E-state index contributed by atoms with van der Waals surface area (Å²) >= 11 is 5.94. The molecular formula is C26H32ClN3O5. The van der Waals surface area contributed by atoms with Gasteiger partial charge in [0.15, 0.2) is 11.5 Å². The van der Waals surface area contributed by atoms with Crippen molar-refractivity contribution >= 4 is 11.6 Å². The van der Waals surface area contributed by atoms with Gasteiger partial charge in [-0.05, 0) is 48.4 Å². The molecule has 0 radical (unpaired) electrons. The SMILES string of the molecule is COc1cc(CN2CCOC[C@](O)(COc3ccc(Cl)cc3)C2)ccc1OCCCn1ccnc1. The van der Waals surface area contributed by atoms with Gasteiger partial charge in [-0.3, -0.25) is 4.90 Å². The molecule has 0 spiro atoms. The van der Waals surface area contributed by atoms with Crippen LogP contribution in [0.5, 0.6) is 17.2 Å². The van der Waals surface area contributed by atoms with Crippen LogP contribution in [-0.4, -0.2) is 71.8 Å². The zero-order valence-corrected chi connectivity index (χ0v) is 20.7. The normalized spacial score (nSPS) is 18.7. The van der Waals surface area contributed by atoms with Crippen LogP contribution < -0.4 is 14.2 Å². The highest BCUT2D eigenvalue weighted by atomic mass is 35.5. The minimum Gasteiger partial charge on any atom is -0.493 e. The Hall–Kier alpha value is -2.78. The lowest BCUT2D eigenvalue weighted by Crippen LogP contribution is -2.48. The third-order valence-corrected chi connectivity index (χ3v) is 6.03. The second kappa shape index (κ2) is 12.3. The van der Waals surface area contributed by atoms with Crippen LogP contribution in [0.3, 0.4) is 0 Å². The third kappa shape index (κ3) is 7.60. The summed E-state index contributed by atoms with van der Waals surface area (Å²) in [4.78, 5) is 6.21. The summed E-state index contributed by atoms with van der Waals surface area (Å²) in [6.07, 6.45) is 6.38. The topological polar surface area (TPSA) is 78.2 Å². The van der Waals surface area contributed by atoms with Crippen LogP contribution in [-0.2, 0) is 17.8 Å². The highest BCUT2D eigenvalue weighted by Crippen LogP contribution is 2.29. The lowest BCUT2D eigenvalue weighted by atomic mass is 10.1. The van der Waals surface area contributed by atoms with Gasteiger partial charge in [0, 0.05) is 43.6 Å². The minimum absolute atomic E-state index is 0.125. The first kappa shape index (κ1) is 25.3. The molecule has 4 rings (SSSR count). The number of hydrogen-bond acceptors (Lipinski definition) is 7. The smallest absolute Gasteiger partial charge is 0.161 e. The number of ether oxygens (including phenoxy) is 4. The van der Waals surface area contributed by atoms with Crippen molar-refractivity contribution in [2.24, 2.45) is 0 Å². The third-order valence-electron chi connectivity index (χ3n) is 5.77. The number of aryl methyl sites for hydroxylation is 1. The number of rotatable bonds is 11. The summed E-state index contributed by atoms with van der Waals surface area (Å²) < 4.78 is 25.1. The van der Waals surface area contributed by atoms with Crippen molar-refractivity contribution in [3.63, 3.8) is 0 Å². The standard InChI is InChI=1S/C26H32ClN3O5/c1-32-25-15-21(3-8-24(25)34-13-2-10-29-11-9-28-20-29)16-30-12-14-33-18-26(31,17-30)19-35-23-6-4-22(27)5-7-23/h3-9,11,15,20,31H,2,10,12-14,16-19H2,1H3/t26-/m0/s1. The number of methoxy groups -OCH3 is 1. The number of aliphatic hydroxyl groups is 1. The number of aromatic nitrogens is 2. The first-order valence-electron chi connectivity index (χ1n) is 11.7. The fourth-order valence-electron chi connectivity index (χ4n) is 4.00. The summed E-state index contributed by atoms with van der Waals surface area (Å²) in [5.41, 5.74) is -0.0612. The van der Waals surface area contributed by atoms with E-state index in [1.165, 1.54) is 0 Å². The van der Waals surface area contributed by atoms with E-state index in [0.29, 0.717) is 55.1 Å². The molecule has 0 aliphatic carbocycles. The molecule has 2 aromatic carbocycles. The molecule has 1 fully saturated rings. The molecular weight excluding hydrogens is 470 g/mol. The zero-order valence-electron chi connectivity index (χ0n) is 19.9. The van der Waals surface area contributed by atoms with Crippen molar-refractivity contribution in [2.45, 2.75) is 25.1 Å². The molecule has 0 unspecified atom stereocenters. The van der Waals surface area contributed by atoms with Crippen molar-refractivity contribution in [1.82, 2.24) is 14.5 Å². The van der Waals surface area contributed by atoms with Gasteiger partial charge in [0.2, 0.25) is 0 Å². The maximum absolute atomic E-state index is 11.2. The van der Waals surface area contributed by atoms with Crippen molar-refractivity contribution in [3.8, 4) is 17.2 Å². The first-order valence-corrected chi connectivity index (χ1v) is 12.1. The molecule has 1 N–H and O–H groups in total. The van der Waals surface area contributed by atoms with Crippen LogP contribution in [0, 0.1) is 0 Å². The molecule has 1 saturated heterocycles. The summed E-state index contributed by atoms with van der Waals surface area (Å²) in [7, 11) is 1.64. The summed E-state index contributed by atoms with van der Waals surface area (Å²) in [6, 6.07) is 13.1. The molecule has 9 heteroatoms. The van der Waals surface area contributed by atoms with Gasteiger partial charge in [-0.15, -0.1) is 0 Å².